The number of aromatic nitrogens is 1. The number of carbonyl (C=O) groups is 2. The highest BCUT2D eigenvalue weighted by Crippen LogP contribution is 2.60. The van der Waals surface area contributed by atoms with Gasteiger partial charge in [0.05, 0.1) is 18.2 Å². The molecule has 0 bridgehead atoms. The number of fused-ring (bicyclic) bond motifs is 1. The Labute approximate surface area is 227 Å². The van der Waals surface area contributed by atoms with E-state index in [-0.39, 0.29) is 24.8 Å². The van der Waals surface area contributed by atoms with Gasteiger partial charge in [-0.3, -0.25) is 14.6 Å². The fourth-order valence-electron chi connectivity index (χ4n) is 5.61. The standard InChI is InChI=1S/C29H33BN4O5/c1-19(2)16-24(30(37)38)33-27(36)29(28(13-14-28)21-9-4-3-5-10-21)17-22(34-39-29)18-32-26(35)25-23-11-7-6-8-20(23)12-15-31-25/h3-12,15,19,24,37-38H,13-14,16-18H2,1-2H3,(H,32,35)(H,33,36)/t24-,29?/m0/s1. The van der Waals surface area contributed by atoms with Crippen molar-refractivity contribution < 1.29 is 24.5 Å². The molecule has 2 heterocycles. The van der Waals surface area contributed by atoms with Crippen molar-refractivity contribution in [2.24, 2.45) is 11.1 Å². The molecule has 2 atom stereocenters. The number of hydrogen-bond donors (Lipinski definition) is 4. The summed E-state index contributed by atoms with van der Waals surface area (Å²) in [6, 6.07) is 19.1. The summed E-state index contributed by atoms with van der Waals surface area (Å²) in [6.45, 7) is 3.98. The van der Waals surface area contributed by atoms with Gasteiger partial charge in [0.25, 0.3) is 11.8 Å². The Bertz CT molecular complexity index is 1390. The summed E-state index contributed by atoms with van der Waals surface area (Å²) in [5.74, 6) is -1.51. The van der Waals surface area contributed by atoms with Crippen LogP contribution in [-0.2, 0) is 15.0 Å². The number of oxime groups is 1. The van der Waals surface area contributed by atoms with Crippen molar-refractivity contribution in [3.05, 3.63) is 78.1 Å². The fraction of sp³-hybridized carbons (Fsp3) is 0.379. The minimum absolute atomic E-state index is 0.0850. The van der Waals surface area contributed by atoms with Gasteiger partial charge in [-0.2, -0.15) is 0 Å². The number of rotatable bonds is 10. The molecule has 1 aliphatic heterocycles. The summed E-state index contributed by atoms with van der Waals surface area (Å²) in [7, 11) is -1.71. The van der Waals surface area contributed by atoms with Crippen molar-refractivity contribution in [1.82, 2.24) is 15.6 Å². The van der Waals surface area contributed by atoms with Crippen LogP contribution in [0.4, 0.5) is 0 Å². The van der Waals surface area contributed by atoms with Gasteiger partial charge in [0.15, 0.2) is 0 Å². The Morgan fingerprint density at radius 2 is 1.77 bits per heavy atom. The second kappa shape index (κ2) is 10.8. The Balaban J connectivity index is 1.37. The van der Waals surface area contributed by atoms with Crippen LogP contribution in [0, 0.1) is 5.92 Å². The molecule has 2 amide bonds. The first-order valence-corrected chi connectivity index (χ1v) is 13.3. The highest BCUT2D eigenvalue weighted by Gasteiger charge is 2.69. The molecule has 202 valence electrons. The van der Waals surface area contributed by atoms with E-state index in [1.54, 1.807) is 6.20 Å². The van der Waals surface area contributed by atoms with E-state index in [1.807, 2.05) is 74.5 Å². The molecule has 10 heteroatoms. The number of carbonyl (C=O) groups excluding carboxylic acids is 2. The number of amides is 2. The molecule has 1 aliphatic carbocycles. The molecular formula is C29H33BN4O5. The topological polar surface area (TPSA) is 133 Å². The lowest BCUT2D eigenvalue weighted by atomic mass is 9.72. The predicted molar refractivity (Wildman–Crippen MR) is 149 cm³/mol. The first kappa shape index (κ1) is 26.8. The van der Waals surface area contributed by atoms with E-state index in [1.165, 1.54) is 0 Å². The monoisotopic (exact) mass is 528 g/mol. The first-order valence-electron chi connectivity index (χ1n) is 13.3. The van der Waals surface area contributed by atoms with E-state index in [0.29, 0.717) is 17.8 Å². The average molecular weight is 528 g/mol. The van der Waals surface area contributed by atoms with Crippen LogP contribution in [0.2, 0.25) is 0 Å². The zero-order chi connectivity index (χ0) is 27.6. The number of benzene rings is 2. The summed E-state index contributed by atoms with van der Waals surface area (Å²) < 4.78 is 0. The number of nitrogens with zero attached hydrogens (tertiary/aromatic N) is 2. The summed E-state index contributed by atoms with van der Waals surface area (Å²) in [5, 5.41) is 31.6. The normalized spacial score (nSPS) is 20.2. The number of hydrogen-bond acceptors (Lipinski definition) is 7. The van der Waals surface area contributed by atoms with Crippen molar-refractivity contribution in [3.63, 3.8) is 0 Å². The maximum Gasteiger partial charge on any atom is 0.475 e. The van der Waals surface area contributed by atoms with E-state index in [2.05, 4.69) is 20.8 Å². The largest absolute Gasteiger partial charge is 0.475 e. The fourth-order valence-corrected chi connectivity index (χ4v) is 5.61. The first-order chi connectivity index (χ1) is 18.8. The minimum Gasteiger partial charge on any atom is -0.426 e. The van der Waals surface area contributed by atoms with Gasteiger partial charge in [-0.1, -0.05) is 73.6 Å². The van der Waals surface area contributed by atoms with Gasteiger partial charge >= 0.3 is 7.12 Å². The van der Waals surface area contributed by atoms with Crippen LogP contribution in [0.1, 0.15) is 55.6 Å². The van der Waals surface area contributed by atoms with Crippen LogP contribution in [0.15, 0.2) is 72.0 Å². The van der Waals surface area contributed by atoms with Gasteiger partial charge in [0.1, 0.15) is 5.69 Å². The zero-order valence-corrected chi connectivity index (χ0v) is 22.1. The molecule has 1 unspecified atom stereocenters. The van der Waals surface area contributed by atoms with E-state index in [9.17, 15) is 19.6 Å². The smallest absolute Gasteiger partial charge is 0.426 e. The second-order valence-electron chi connectivity index (χ2n) is 10.9. The van der Waals surface area contributed by atoms with Crippen LogP contribution in [0.5, 0.6) is 0 Å². The van der Waals surface area contributed by atoms with Crippen molar-refractivity contribution in [3.8, 4) is 0 Å². The lowest BCUT2D eigenvalue weighted by Crippen LogP contribution is -2.60. The lowest BCUT2D eigenvalue weighted by Gasteiger charge is -2.36. The Morgan fingerprint density at radius 3 is 2.46 bits per heavy atom. The van der Waals surface area contributed by atoms with Crippen LogP contribution in [0.3, 0.4) is 0 Å². The molecule has 9 nitrogen and oxygen atoms in total. The quantitative estimate of drug-likeness (QED) is 0.299. The van der Waals surface area contributed by atoms with Crippen molar-refractivity contribution >= 4 is 35.4 Å². The molecule has 2 aliphatic rings. The Kier molecular flexibility index (Phi) is 7.42. The highest BCUT2D eigenvalue weighted by atomic mass is 16.7. The van der Waals surface area contributed by atoms with E-state index < -0.39 is 30.0 Å². The predicted octanol–water partition coefficient (Wildman–Crippen LogP) is 2.75. The van der Waals surface area contributed by atoms with Crippen LogP contribution < -0.4 is 10.6 Å². The van der Waals surface area contributed by atoms with E-state index in [4.69, 9.17) is 4.84 Å². The highest BCUT2D eigenvalue weighted by molar-refractivity contribution is 6.43. The lowest BCUT2D eigenvalue weighted by molar-refractivity contribution is -0.149. The third kappa shape index (κ3) is 5.14. The molecule has 5 rings (SSSR count). The third-order valence-electron chi connectivity index (χ3n) is 7.74. The molecule has 0 radical (unpaired) electrons. The molecule has 4 N–H and O–H groups in total. The third-order valence-corrected chi connectivity index (χ3v) is 7.74. The van der Waals surface area contributed by atoms with Crippen molar-refractivity contribution in [2.75, 3.05) is 6.54 Å². The van der Waals surface area contributed by atoms with Gasteiger partial charge in [0, 0.05) is 23.4 Å². The molecule has 2 aromatic carbocycles. The van der Waals surface area contributed by atoms with Crippen molar-refractivity contribution in [2.45, 2.75) is 56.5 Å². The maximum atomic E-state index is 13.9. The zero-order valence-electron chi connectivity index (χ0n) is 22.1. The summed E-state index contributed by atoms with van der Waals surface area (Å²) in [6.07, 6.45) is 3.58. The average Bonchev–Trinajstić information content (AvgIpc) is 3.64. The summed E-state index contributed by atoms with van der Waals surface area (Å²) >= 11 is 0. The molecule has 0 spiro atoms. The van der Waals surface area contributed by atoms with Crippen molar-refractivity contribution in [1.29, 1.82) is 0 Å². The molecular weight excluding hydrogens is 495 g/mol. The Hall–Kier alpha value is -3.76. The summed E-state index contributed by atoms with van der Waals surface area (Å²) in [5.41, 5.74) is -0.200. The van der Waals surface area contributed by atoms with Gasteiger partial charge in [-0.05, 0) is 42.2 Å². The maximum absolute atomic E-state index is 13.9. The Morgan fingerprint density at radius 1 is 1.05 bits per heavy atom. The number of nitrogens with one attached hydrogen (secondary N) is 2. The second-order valence-corrected chi connectivity index (χ2v) is 10.9. The molecule has 1 aromatic heterocycles. The molecule has 1 saturated carbocycles. The van der Waals surface area contributed by atoms with Gasteiger partial charge in [0.2, 0.25) is 5.60 Å². The van der Waals surface area contributed by atoms with Gasteiger partial charge < -0.3 is 25.5 Å². The molecule has 0 saturated heterocycles. The van der Waals surface area contributed by atoms with Crippen LogP contribution in [0.25, 0.3) is 10.8 Å². The van der Waals surface area contributed by atoms with E-state index >= 15 is 0 Å². The molecule has 1 fully saturated rings. The van der Waals surface area contributed by atoms with Gasteiger partial charge in [-0.15, -0.1) is 0 Å². The van der Waals surface area contributed by atoms with Crippen LogP contribution >= 0.6 is 0 Å². The summed E-state index contributed by atoms with van der Waals surface area (Å²) in [4.78, 5) is 37.3. The minimum atomic E-state index is -1.71. The number of pyridine rings is 1. The van der Waals surface area contributed by atoms with Gasteiger partial charge in [-0.25, -0.2) is 0 Å². The van der Waals surface area contributed by atoms with Crippen LogP contribution in [-0.4, -0.2) is 57.8 Å². The molecule has 3 aromatic rings. The SMILES string of the molecule is CC(C)C[C@H](NC(=O)C1(C2(c3ccccc3)CC2)CC(CNC(=O)c2nccc3ccccc23)=NO1)B(O)O. The molecule has 39 heavy (non-hydrogen) atoms. The van der Waals surface area contributed by atoms with E-state index in [0.717, 1.165) is 29.2 Å².